The van der Waals surface area contributed by atoms with Crippen LogP contribution in [-0.4, -0.2) is 23.2 Å². The van der Waals surface area contributed by atoms with E-state index in [1.165, 1.54) is 18.2 Å². The van der Waals surface area contributed by atoms with Gasteiger partial charge in [-0.25, -0.2) is 13.8 Å². The molecule has 0 radical (unpaired) electrons. The summed E-state index contributed by atoms with van der Waals surface area (Å²) in [6, 6.07) is 3.91. The molecule has 0 fully saturated rings. The Morgan fingerprint density at radius 3 is 2.74 bits per heavy atom. The van der Waals surface area contributed by atoms with Gasteiger partial charge in [0.1, 0.15) is 5.52 Å². The van der Waals surface area contributed by atoms with Gasteiger partial charge < -0.3 is 9.73 Å². The first-order valence-corrected chi connectivity index (χ1v) is 5.15. The van der Waals surface area contributed by atoms with E-state index in [1.807, 2.05) is 0 Å². The molecule has 1 aromatic heterocycles. The maximum absolute atomic E-state index is 12.7. The van der Waals surface area contributed by atoms with E-state index in [2.05, 4.69) is 4.98 Å². The van der Waals surface area contributed by atoms with Gasteiger partial charge in [0.05, 0.1) is 0 Å². The van der Waals surface area contributed by atoms with Crippen LogP contribution in [0, 0.1) is 6.92 Å². The summed E-state index contributed by atoms with van der Waals surface area (Å²) in [5.74, 6) is -6.45. The molecule has 1 aromatic carbocycles. The predicted octanol–water partition coefficient (Wildman–Crippen LogP) is 2.98. The van der Waals surface area contributed by atoms with Crippen LogP contribution in [0.4, 0.5) is 23.2 Å². The number of carbonyl (C=O) groups excluding carboxylic acids is 1. The SMILES string of the molecule is Cc1nc2cc(NC(=O)C(F)(F)C(F)F)ccc2o1. The highest BCUT2D eigenvalue weighted by atomic mass is 19.3. The Kier molecular flexibility index (Phi) is 3.17. The van der Waals surface area contributed by atoms with Crippen molar-refractivity contribution in [3.63, 3.8) is 0 Å². The smallest absolute Gasteiger partial charge is 0.383 e. The van der Waals surface area contributed by atoms with E-state index in [-0.39, 0.29) is 5.69 Å². The number of nitrogens with one attached hydrogen (secondary N) is 1. The van der Waals surface area contributed by atoms with Crippen molar-refractivity contribution in [2.75, 3.05) is 5.32 Å². The Morgan fingerprint density at radius 1 is 1.42 bits per heavy atom. The molecule has 0 spiro atoms. The molecule has 0 aliphatic carbocycles. The van der Waals surface area contributed by atoms with Crippen molar-refractivity contribution >= 4 is 22.7 Å². The van der Waals surface area contributed by atoms with E-state index in [9.17, 15) is 22.4 Å². The summed E-state index contributed by atoms with van der Waals surface area (Å²) in [5.41, 5.74) is 0.665. The minimum atomic E-state index is -4.74. The van der Waals surface area contributed by atoms with Crippen LogP contribution in [0.1, 0.15) is 5.89 Å². The number of anilines is 1. The number of alkyl halides is 4. The zero-order chi connectivity index (χ0) is 14.2. The summed E-state index contributed by atoms with van der Waals surface area (Å²) < 4.78 is 54.6. The van der Waals surface area contributed by atoms with Gasteiger partial charge in [-0.15, -0.1) is 0 Å². The fourth-order valence-electron chi connectivity index (χ4n) is 1.43. The van der Waals surface area contributed by atoms with Crippen molar-refractivity contribution in [1.82, 2.24) is 4.98 Å². The molecule has 2 aromatic rings. The molecule has 1 N–H and O–H groups in total. The number of oxazole rings is 1. The minimum Gasteiger partial charge on any atom is -0.441 e. The molecule has 0 atom stereocenters. The van der Waals surface area contributed by atoms with Gasteiger partial charge in [-0.2, -0.15) is 8.78 Å². The lowest BCUT2D eigenvalue weighted by Gasteiger charge is -2.14. The van der Waals surface area contributed by atoms with Crippen LogP contribution in [0.15, 0.2) is 22.6 Å². The van der Waals surface area contributed by atoms with Crippen LogP contribution in [-0.2, 0) is 4.79 Å². The van der Waals surface area contributed by atoms with Crippen LogP contribution in [0.5, 0.6) is 0 Å². The zero-order valence-electron chi connectivity index (χ0n) is 9.58. The minimum absolute atomic E-state index is 0.0638. The normalized spacial score (nSPS) is 12.1. The Labute approximate surface area is 104 Å². The Bertz CT molecular complexity index is 624. The molecule has 19 heavy (non-hydrogen) atoms. The van der Waals surface area contributed by atoms with E-state index in [4.69, 9.17) is 4.42 Å². The first kappa shape index (κ1) is 13.3. The molecule has 1 amide bonds. The molecule has 1 heterocycles. The van der Waals surface area contributed by atoms with E-state index in [0.717, 1.165) is 0 Å². The number of halogens is 4. The lowest BCUT2D eigenvalue weighted by molar-refractivity contribution is -0.163. The Morgan fingerprint density at radius 2 is 2.11 bits per heavy atom. The third-order valence-corrected chi connectivity index (χ3v) is 2.33. The van der Waals surface area contributed by atoms with Gasteiger partial charge in [-0.1, -0.05) is 0 Å². The van der Waals surface area contributed by atoms with Crippen LogP contribution in [0.2, 0.25) is 0 Å². The number of carbonyl (C=O) groups is 1. The number of nitrogens with zero attached hydrogens (tertiary/aromatic N) is 1. The Balaban J connectivity index is 2.24. The van der Waals surface area contributed by atoms with Gasteiger partial charge in [0.15, 0.2) is 11.5 Å². The average molecular weight is 276 g/mol. The standard InChI is InChI=1S/C11H8F4N2O2/c1-5-16-7-4-6(2-3-8(7)19-5)17-10(18)11(14,15)9(12)13/h2-4,9H,1H3,(H,17,18). The van der Waals surface area contributed by atoms with Crippen molar-refractivity contribution in [2.24, 2.45) is 0 Å². The van der Waals surface area contributed by atoms with Crippen LogP contribution < -0.4 is 5.32 Å². The third-order valence-electron chi connectivity index (χ3n) is 2.33. The number of aromatic nitrogens is 1. The highest BCUT2D eigenvalue weighted by Crippen LogP contribution is 2.26. The third kappa shape index (κ3) is 2.51. The lowest BCUT2D eigenvalue weighted by Crippen LogP contribution is -2.40. The lowest BCUT2D eigenvalue weighted by atomic mass is 10.2. The first-order valence-electron chi connectivity index (χ1n) is 5.15. The summed E-state index contributed by atoms with van der Waals surface area (Å²) in [4.78, 5) is 15.0. The van der Waals surface area contributed by atoms with Crippen LogP contribution in [0.3, 0.4) is 0 Å². The molecule has 0 saturated heterocycles. The maximum Gasteiger partial charge on any atom is 0.383 e. The maximum atomic E-state index is 12.7. The molecule has 0 bridgehead atoms. The van der Waals surface area contributed by atoms with E-state index in [0.29, 0.717) is 17.0 Å². The molecule has 0 saturated carbocycles. The molecule has 0 aliphatic heterocycles. The summed E-state index contributed by atoms with van der Waals surface area (Å²) in [6.45, 7) is 1.59. The molecule has 102 valence electrons. The van der Waals surface area contributed by atoms with Crippen molar-refractivity contribution in [2.45, 2.75) is 19.3 Å². The highest BCUT2D eigenvalue weighted by Gasteiger charge is 2.48. The predicted molar refractivity (Wildman–Crippen MR) is 58.3 cm³/mol. The summed E-state index contributed by atoms with van der Waals surface area (Å²) in [6.07, 6.45) is -4.06. The number of rotatable bonds is 3. The van der Waals surface area contributed by atoms with Crippen molar-refractivity contribution in [3.8, 4) is 0 Å². The van der Waals surface area contributed by atoms with Gasteiger partial charge >= 0.3 is 18.3 Å². The highest BCUT2D eigenvalue weighted by molar-refractivity contribution is 5.97. The first-order chi connectivity index (χ1) is 8.80. The number of hydrogen-bond donors (Lipinski definition) is 1. The van der Waals surface area contributed by atoms with E-state index in [1.54, 1.807) is 12.2 Å². The molecule has 2 rings (SSSR count). The van der Waals surface area contributed by atoms with Gasteiger partial charge in [0.25, 0.3) is 0 Å². The second kappa shape index (κ2) is 4.52. The number of fused-ring (bicyclic) bond motifs is 1. The number of benzene rings is 1. The topological polar surface area (TPSA) is 55.1 Å². The van der Waals surface area contributed by atoms with Gasteiger partial charge in [0, 0.05) is 12.6 Å². The fourth-order valence-corrected chi connectivity index (χ4v) is 1.43. The molecular weight excluding hydrogens is 268 g/mol. The summed E-state index contributed by atoms with van der Waals surface area (Å²) in [5, 5.41) is 1.71. The number of amides is 1. The Hall–Kier alpha value is -2.12. The fraction of sp³-hybridized carbons (Fsp3) is 0.273. The number of hydrogen-bond acceptors (Lipinski definition) is 3. The average Bonchev–Trinajstić information content (AvgIpc) is 2.68. The van der Waals surface area contributed by atoms with Crippen molar-refractivity contribution < 1.29 is 26.8 Å². The van der Waals surface area contributed by atoms with Gasteiger partial charge in [-0.3, -0.25) is 4.79 Å². The largest absolute Gasteiger partial charge is 0.441 e. The molecule has 8 heteroatoms. The quantitative estimate of drug-likeness (QED) is 0.877. The molecule has 0 aliphatic rings. The van der Waals surface area contributed by atoms with Crippen LogP contribution >= 0.6 is 0 Å². The van der Waals surface area contributed by atoms with Crippen molar-refractivity contribution in [3.05, 3.63) is 24.1 Å². The number of aryl methyl sites for hydroxylation is 1. The molecular formula is C11H8F4N2O2. The summed E-state index contributed by atoms with van der Waals surface area (Å²) in [7, 11) is 0. The second-order valence-electron chi connectivity index (χ2n) is 3.79. The van der Waals surface area contributed by atoms with Crippen LogP contribution in [0.25, 0.3) is 11.1 Å². The molecule has 4 nitrogen and oxygen atoms in total. The van der Waals surface area contributed by atoms with Crippen molar-refractivity contribution in [1.29, 1.82) is 0 Å². The second-order valence-corrected chi connectivity index (χ2v) is 3.79. The zero-order valence-corrected chi connectivity index (χ0v) is 9.58. The summed E-state index contributed by atoms with van der Waals surface area (Å²) >= 11 is 0. The molecule has 0 unspecified atom stereocenters. The van der Waals surface area contributed by atoms with E-state index >= 15 is 0 Å². The van der Waals surface area contributed by atoms with E-state index < -0.39 is 18.3 Å². The van der Waals surface area contributed by atoms with Gasteiger partial charge in [-0.05, 0) is 18.2 Å². The van der Waals surface area contributed by atoms with Gasteiger partial charge in [0.2, 0.25) is 0 Å². The monoisotopic (exact) mass is 276 g/mol.